The number of carbonyl (C=O) groups is 1. The van der Waals surface area contributed by atoms with E-state index in [1.165, 1.54) is 32.4 Å². The highest BCUT2D eigenvalue weighted by Gasteiger charge is 2.11. The van der Waals surface area contributed by atoms with Crippen LogP contribution in [0.4, 0.5) is 0 Å². The molecule has 0 bridgehead atoms. The van der Waals surface area contributed by atoms with Crippen LogP contribution in [0, 0.1) is 0 Å². The number of rotatable bonds is 6. The first-order chi connectivity index (χ1) is 8.74. The average molecular weight is 268 g/mol. The Bertz CT molecular complexity index is 386. The van der Waals surface area contributed by atoms with E-state index in [0.717, 1.165) is 23.7 Å². The number of likely N-dealkylation sites (tertiary alicyclic amines) is 1. The molecule has 0 saturated carbocycles. The first-order valence-electron chi connectivity index (χ1n) is 6.61. The number of aliphatic carboxylic acids is 1. The Hall–Kier alpha value is -0.940. The third kappa shape index (κ3) is 4.38. The molecule has 0 radical (unpaired) electrons. The Balaban J connectivity index is 1.73. The highest BCUT2D eigenvalue weighted by molar-refractivity contribution is 7.09. The van der Waals surface area contributed by atoms with Crippen LogP contribution in [0.3, 0.4) is 0 Å². The number of carboxylic acid groups (broad SMARTS) is 1. The molecule has 1 aromatic heterocycles. The Morgan fingerprint density at radius 2 is 2.11 bits per heavy atom. The molecule has 1 aromatic rings. The lowest BCUT2D eigenvalue weighted by Gasteiger charge is -2.25. The summed E-state index contributed by atoms with van der Waals surface area (Å²) in [7, 11) is 0. The molecule has 1 saturated heterocycles. The molecular weight excluding hydrogens is 248 g/mol. The number of aromatic nitrogens is 1. The SMILES string of the molecule is O=C(O)CCc1csc(CCN2CCCCC2)n1. The summed E-state index contributed by atoms with van der Waals surface area (Å²) in [5.74, 6) is -0.752. The van der Waals surface area contributed by atoms with Gasteiger partial charge in [0.1, 0.15) is 0 Å². The van der Waals surface area contributed by atoms with Gasteiger partial charge in [-0.25, -0.2) is 4.98 Å². The van der Waals surface area contributed by atoms with Gasteiger partial charge in [0.05, 0.1) is 17.1 Å². The number of hydrogen-bond donors (Lipinski definition) is 1. The molecule has 1 N–H and O–H groups in total. The van der Waals surface area contributed by atoms with Crippen LogP contribution in [0.5, 0.6) is 0 Å². The van der Waals surface area contributed by atoms with E-state index in [4.69, 9.17) is 5.11 Å². The summed E-state index contributed by atoms with van der Waals surface area (Å²) < 4.78 is 0. The molecule has 5 heteroatoms. The molecule has 2 heterocycles. The number of hydrogen-bond acceptors (Lipinski definition) is 4. The summed E-state index contributed by atoms with van der Waals surface area (Å²) in [5.41, 5.74) is 0.927. The van der Waals surface area contributed by atoms with Gasteiger partial charge < -0.3 is 10.0 Å². The van der Waals surface area contributed by atoms with E-state index in [9.17, 15) is 4.79 Å². The maximum absolute atomic E-state index is 10.5. The van der Waals surface area contributed by atoms with Crippen molar-refractivity contribution in [2.45, 2.75) is 38.5 Å². The fourth-order valence-electron chi connectivity index (χ4n) is 2.25. The normalized spacial score (nSPS) is 16.9. The van der Waals surface area contributed by atoms with Crippen molar-refractivity contribution in [2.75, 3.05) is 19.6 Å². The van der Waals surface area contributed by atoms with E-state index in [1.807, 2.05) is 5.38 Å². The standard InChI is InChI=1S/C13H20N2O2S/c16-13(17)5-4-11-10-18-12(14-11)6-9-15-7-2-1-3-8-15/h10H,1-9H2,(H,16,17). The first-order valence-corrected chi connectivity index (χ1v) is 7.49. The Morgan fingerprint density at radius 3 is 2.83 bits per heavy atom. The van der Waals surface area contributed by atoms with Crippen molar-refractivity contribution in [1.29, 1.82) is 0 Å². The molecule has 4 nitrogen and oxygen atoms in total. The third-order valence-electron chi connectivity index (χ3n) is 3.28. The predicted octanol–water partition coefficient (Wildman–Crippen LogP) is 2.19. The zero-order chi connectivity index (χ0) is 12.8. The minimum Gasteiger partial charge on any atom is -0.481 e. The predicted molar refractivity (Wildman–Crippen MR) is 72.1 cm³/mol. The number of carboxylic acids is 1. The zero-order valence-electron chi connectivity index (χ0n) is 10.6. The van der Waals surface area contributed by atoms with Gasteiger partial charge in [-0.05, 0) is 25.9 Å². The van der Waals surface area contributed by atoms with Crippen LogP contribution >= 0.6 is 11.3 Å². The number of nitrogens with zero attached hydrogens (tertiary/aromatic N) is 2. The fourth-order valence-corrected chi connectivity index (χ4v) is 3.07. The van der Waals surface area contributed by atoms with Gasteiger partial charge in [0, 0.05) is 24.8 Å². The molecule has 1 aliphatic rings. The van der Waals surface area contributed by atoms with Crippen molar-refractivity contribution in [1.82, 2.24) is 9.88 Å². The molecule has 2 rings (SSSR count). The number of aryl methyl sites for hydroxylation is 1. The molecular formula is C13H20N2O2S. The van der Waals surface area contributed by atoms with Crippen molar-refractivity contribution >= 4 is 17.3 Å². The maximum atomic E-state index is 10.5. The van der Waals surface area contributed by atoms with Gasteiger partial charge in [-0.2, -0.15) is 0 Å². The molecule has 100 valence electrons. The zero-order valence-corrected chi connectivity index (χ0v) is 11.4. The fraction of sp³-hybridized carbons (Fsp3) is 0.692. The number of thiazole rings is 1. The summed E-state index contributed by atoms with van der Waals surface area (Å²) >= 11 is 1.66. The second-order valence-corrected chi connectivity index (χ2v) is 5.72. The molecule has 1 fully saturated rings. The van der Waals surface area contributed by atoms with Gasteiger partial charge in [0.15, 0.2) is 0 Å². The lowest BCUT2D eigenvalue weighted by Crippen LogP contribution is -2.31. The van der Waals surface area contributed by atoms with Crippen LogP contribution in [0.15, 0.2) is 5.38 Å². The Kier molecular flexibility index (Phi) is 5.13. The van der Waals surface area contributed by atoms with E-state index in [0.29, 0.717) is 6.42 Å². The van der Waals surface area contributed by atoms with E-state index in [1.54, 1.807) is 11.3 Å². The van der Waals surface area contributed by atoms with Crippen LogP contribution in [-0.2, 0) is 17.6 Å². The van der Waals surface area contributed by atoms with Crippen LogP contribution in [0.1, 0.15) is 36.4 Å². The molecule has 0 unspecified atom stereocenters. The molecule has 0 aromatic carbocycles. The highest BCUT2D eigenvalue weighted by atomic mass is 32.1. The minimum atomic E-state index is -0.752. The molecule has 0 amide bonds. The molecule has 0 aliphatic carbocycles. The molecule has 1 aliphatic heterocycles. The quantitative estimate of drug-likeness (QED) is 0.859. The van der Waals surface area contributed by atoms with Gasteiger partial charge in [-0.15, -0.1) is 11.3 Å². The van der Waals surface area contributed by atoms with Gasteiger partial charge in [-0.1, -0.05) is 6.42 Å². The van der Waals surface area contributed by atoms with Gasteiger partial charge in [0.2, 0.25) is 0 Å². The van der Waals surface area contributed by atoms with Crippen molar-refractivity contribution in [3.8, 4) is 0 Å². The lowest BCUT2D eigenvalue weighted by molar-refractivity contribution is -0.136. The first kappa shape index (κ1) is 13.5. The van der Waals surface area contributed by atoms with Crippen molar-refractivity contribution in [3.05, 3.63) is 16.1 Å². The van der Waals surface area contributed by atoms with E-state index < -0.39 is 5.97 Å². The van der Waals surface area contributed by atoms with E-state index >= 15 is 0 Å². The minimum absolute atomic E-state index is 0.176. The lowest BCUT2D eigenvalue weighted by atomic mass is 10.1. The number of piperidine rings is 1. The topological polar surface area (TPSA) is 53.4 Å². The van der Waals surface area contributed by atoms with Gasteiger partial charge in [0.25, 0.3) is 0 Å². The second-order valence-electron chi connectivity index (χ2n) is 4.78. The smallest absolute Gasteiger partial charge is 0.303 e. The van der Waals surface area contributed by atoms with Crippen molar-refractivity contribution in [2.24, 2.45) is 0 Å². The monoisotopic (exact) mass is 268 g/mol. The van der Waals surface area contributed by atoms with Gasteiger partial charge >= 0.3 is 5.97 Å². The summed E-state index contributed by atoms with van der Waals surface area (Å²) in [6.45, 7) is 3.53. The highest BCUT2D eigenvalue weighted by Crippen LogP contribution is 2.14. The maximum Gasteiger partial charge on any atom is 0.303 e. The third-order valence-corrected chi connectivity index (χ3v) is 4.24. The van der Waals surface area contributed by atoms with E-state index in [-0.39, 0.29) is 6.42 Å². The van der Waals surface area contributed by atoms with Gasteiger partial charge in [-0.3, -0.25) is 4.79 Å². The molecule has 0 spiro atoms. The van der Waals surface area contributed by atoms with Crippen LogP contribution in [0.2, 0.25) is 0 Å². The molecule has 18 heavy (non-hydrogen) atoms. The largest absolute Gasteiger partial charge is 0.481 e. The van der Waals surface area contributed by atoms with Crippen molar-refractivity contribution in [3.63, 3.8) is 0 Å². The molecule has 0 atom stereocenters. The van der Waals surface area contributed by atoms with E-state index in [2.05, 4.69) is 9.88 Å². The van der Waals surface area contributed by atoms with Crippen molar-refractivity contribution < 1.29 is 9.90 Å². The summed E-state index contributed by atoms with van der Waals surface area (Å²) in [6, 6.07) is 0. The second kappa shape index (κ2) is 6.85. The Labute approximate surface area is 112 Å². The van der Waals surface area contributed by atoms with Crippen LogP contribution < -0.4 is 0 Å². The van der Waals surface area contributed by atoms with Crippen LogP contribution in [-0.4, -0.2) is 40.6 Å². The van der Waals surface area contributed by atoms with Crippen LogP contribution in [0.25, 0.3) is 0 Å². The Morgan fingerprint density at radius 1 is 1.33 bits per heavy atom. The summed E-state index contributed by atoms with van der Waals surface area (Å²) in [5, 5.41) is 11.8. The summed E-state index contributed by atoms with van der Waals surface area (Å²) in [6.07, 6.45) is 5.74. The average Bonchev–Trinajstić information content (AvgIpc) is 2.83. The summed E-state index contributed by atoms with van der Waals surface area (Å²) in [4.78, 5) is 17.5.